The molecule has 84 valence electrons. The van der Waals surface area contributed by atoms with Crippen LogP contribution < -0.4 is 10.2 Å². The van der Waals surface area contributed by atoms with Crippen molar-refractivity contribution in [1.82, 2.24) is 0 Å². The number of methoxy groups -OCH3 is 1. The molecule has 1 heterocycles. The van der Waals surface area contributed by atoms with Gasteiger partial charge in [0.25, 0.3) is 0 Å². The van der Waals surface area contributed by atoms with Crippen LogP contribution in [0.25, 0.3) is 11.0 Å². The highest BCUT2D eigenvalue weighted by Gasteiger charge is 2.14. The number of thioether (sulfide) groups is 1. The van der Waals surface area contributed by atoms with Crippen molar-refractivity contribution in [2.45, 2.75) is 11.8 Å². The Morgan fingerprint density at radius 2 is 2.12 bits per heavy atom. The van der Waals surface area contributed by atoms with Gasteiger partial charge in [-0.05, 0) is 17.9 Å². The number of para-hydroxylation sites is 1. The Morgan fingerprint density at radius 3 is 2.81 bits per heavy atom. The summed E-state index contributed by atoms with van der Waals surface area (Å²) >= 11 is 1.44. The van der Waals surface area contributed by atoms with Crippen molar-refractivity contribution in [3.8, 4) is 5.95 Å². The predicted octanol–water partition coefficient (Wildman–Crippen LogP) is 2.91. The van der Waals surface area contributed by atoms with E-state index < -0.39 is 0 Å². The van der Waals surface area contributed by atoms with Crippen molar-refractivity contribution in [2.24, 2.45) is 0 Å². The molecule has 0 spiro atoms. The number of benzene rings is 1. The summed E-state index contributed by atoms with van der Waals surface area (Å²) in [6, 6.07) is 7.18. The topological polar surface area (TPSA) is 39.4 Å². The fourth-order valence-electron chi connectivity index (χ4n) is 1.51. The molecule has 1 aromatic carbocycles. The van der Waals surface area contributed by atoms with Crippen molar-refractivity contribution in [3.05, 3.63) is 34.5 Å². The highest BCUT2D eigenvalue weighted by atomic mass is 32.2. The van der Waals surface area contributed by atoms with Gasteiger partial charge in [-0.1, -0.05) is 19.1 Å². The third kappa shape index (κ3) is 1.80. The van der Waals surface area contributed by atoms with Gasteiger partial charge in [-0.25, -0.2) is 0 Å². The molecule has 16 heavy (non-hydrogen) atoms. The molecule has 0 aliphatic heterocycles. The molecular weight excluding hydrogens is 224 g/mol. The highest BCUT2D eigenvalue weighted by Crippen LogP contribution is 2.29. The summed E-state index contributed by atoms with van der Waals surface area (Å²) in [7, 11) is 1.51. The first-order chi connectivity index (χ1) is 7.77. The van der Waals surface area contributed by atoms with Gasteiger partial charge >= 0.3 is 5.95 Å². The van der Waals surface area contributed by atoms with Crippen LogP contribution in [0.5, 0.6) is 5.95 Å². The zero-order valence-electron chi connectivity index (χ0n) is 9.15. The van der Waals surface area contributed by atoms with Crippen LogP contribution >= 0.6 is 11.8 Å². The lowest BCUT2D eigenvalue weighted by atomic mass is 10.2. The fourth-order valence-corrected chi connectivity index (χ4v) is 2.28. The van der Waals surface area contributed by atoms with Crippen LogP contribution in [0.15, 0.2) is 38.4 Å². The maximum Gasteiger partial charge on any atom is 0.302 e. The number of hydrogen-bond acceptors (Lipinski definition) is 4. The van der Waals surface area contributed by atoms with Crippen LogP contribution in [0.1, 0.15) is 6.92 Å². The Kier molecular flexibility index (Phi) is 3.19. The molecule has 1 aromatic heterocycles. The molecule has 0 aliphatic rings. The Bertz CT molecular complexity index is 560. The first kappa shape index (κ1) is 11.1. The van der Waals surface area contributed by atoms with Gasteiger partial charge in [0, 0.05) is 0 Å². The molecule has 0 saturated carbocycles. The van der Waals surface area contributed by atoms with E-state index in [-0.39, 0.29) is 5.43 Å². The molecule has 0 N–H and O–H groups in total. The van der Waals surface area contributed by atoms with Crippen LogP contribution in [-0.2, 0) is 0 Å². The van der Waals surface area contributed by atoms with E-state index in [0.717, 1.165) is 5.75 Å². The van der Waals surface area contributed by atoms with E-state index in [1.807, 2.05) is 19.1 Å². The van der Waals surface area contributed by atoms with Crippen molar-refractivity contribution < 1.29 is 9.15 Å². The van der Waals surface area contributed by atoms with Crippen LogP contribution in [0.3, 0.4) is 0 Å². The third-order valence-corrected chi connectivity index (χ3v) is 3.13. The quantitative estimate of drug-likeness (QED) is 0.768. The summed E-state index contributed by atoms with van der Waals surface area (Å²) in [5, 5.41) is 0.597. The average molecular weight is 236 g/mol. The monoisotopic (exact) mass is 236 g/mol. The average Bonchev–Trinajstić information content (AvgIpc) is 2.33. The zero-order valence-corrected chi connectivity index (χ0v) is 9.97. The fraction of sp³-hybridized carbons (Fsp3) is 0.250. The van der Waals surface area contributed by atoms with E-state index in [9.17, 15) is 4.79 Å². The van der Waals surface area contributed by atoms with Gasteiger partial charge in [0.05, 0.1) is 12.5 Å². The van der Waals surface area contributed by atoms with Gasteiger partial charge < -0.3 is 9.15 Å². The van der Waals surface area contributed by atoms with Crippen LogP contribution in [0.2, 0.25) is 0 Å². The predicted molar refractivity (Wildman–Crippen MR) is 65.4 cm³/mol. The summed E-state index contributed by atoms with van der Waals surface area (Å²) in [5.41, 5.74) is 0.537. The Hall–Kier alpha value is -1.42. The molecule has 2 rings (SSSR count). The van der Waals surface area contributed by atoms with E-state index in [4.69, 9.17) is 9.15 Å². The molecule has 0 amide bonds. The van der Waals surface area contributed by atoms with Crippen molar-refractivity contribution in [1.29, 1.82) is 0 Å². The van der Waals surface area contributed by atoms with E-state index in [2.05, 4.69) is 0 Å². The Balaban J connectivity index is 2.77. The molecule has 0 bridgehead atoms. The zero-order chi connectivity index (χ0) is 11.5. The molecule has 2 aromatic rings. The summed E-state index contributed by atoms with van der Waals surface area (Å²) in [4.78, 5) is 12.7. The largest absolute Gasteiger partial charge is 0.468 e. The summed E-state index contributed by atoms with van der Waals surface area (Å²) in [6.45, 7) is 1.98. The molecule has 0 saturated heterocycles. The van der Waals surface area contributed by atoms with E-state index >= 15 is 0 Å². The molecule has 3 nitrogen and oxygen atoms in total. The van der Waals surface area contributed by atoms with Crippen LogP contribution in [0.4, 0.5) is 0 Å². The summed E-state index contributed by atoms with van der Waals surface area (Å²) in [5.74, 6) is 1.11. The van der Waals surface area contributed by atoms with Gasteiger partial charge in [-0.2, -0.15) is 0 Å². The van der Waals surface area contributed by atoms with E-state index in [1.165, 1.54) is 18.9 Å². The summed E-state index contributed by atoms with van der Waals surface area (Å²) < 4.78 is 10.6. The van der Waals surface area contributed by atoms with Gasteiger partial charge in [0.1, 0.15) is 10.5 Å². The van der Waals surface area contributed by atoms with Gasteiger partial charge in [-0.15, -0.1) is 11.8 Å². The second-order valence-electron chi connectivity index (χ2n) is 3.18. The Labute approximate surface area is 97.4 Å². The number of fused-ring (bicyclic) bond motifs is 1. The molecule has 0 unspecified atom stereocenters. The molecular formula is C12H12O3S. The minimum Gasteiger partial charge on any atom is -0.468 e. The maximum atomic E-state index is 12.1. The smallest absolute Gasteiger partial charge is 0.302 e. The standard InChI is InChI=1S/C12H12O3S/c1-3-16-11-10(13)8-6-4-5-7-9(8)15-12(11)14-2/h4-7H,3H2,1-2H3. The molecule has 0 radical (unpaired) electrons. The normalized spacial score (nSPS) is 10.6. The van der Waals surface area contributed by atoms with Gasteiger partial charge in [-0.3, -0.25) is 4.79 Å². The van der Waals surface area contributed by atoms with Gasteiger partial charge in [0.2, 0.25) is 5.43 Å². The minimum absolute atomic E-state index is 0.0226. The van der Waals surface area contributed by atoms with E-state index in [0.29, 0.717) is 21.8 Å². The molecule has 4 heteroatoms. The first-order valence-electron chi connectivity index (χ1n) is 5.00. The third-order valence-electron chi connectivity index (χ3n) is 2.20. The lowest BCUT2D eigenvalue weighted by molar-refractivity contribution is 0.297. The van der Waals surface area contributed by atoms with Crippen molar-refractivity contribution in [3.63, 3.8) is 0 Å². The second kappa shape index (κ2) is 4.61. The van der Waals surface area contributed by atoms with E-state index in [1.54, 1.807) is 12.1 Å². The van der Waals surface area contributed by atoms with Crippen LogP contribution in [0, 0.1) is 0 Å². The number of ether oxygens (including phenoxy) is 1. The Morgan fingerprint density at radius 1 is 1.38 bits per heavy atom. The first-order valence-corrected chi connectivity index (χ1v) is 5.99. The number of hydrogen-bond donors (Lipinski definition) is 0. The lowest BCUT2D eigenvalue weighted by Gasteiger charge is -2.06. The highest BCUT2D eigenvalue weighted by molar-refractivity contribution is 7.99. The SMILES string of the molecule is CCSc1c(OC)oc2ccccc2c1=O. The maximum absolute atomic E-state index is 12.1. The minimum atomic E-state index is -0.0226. The number of rotatable bonds is 3. The van der Waals surface area contributed by atoms with Gasteiger partial charge in [0.15, 0.2) is 0 Å². The lowest BCUT2D eigenvalue weighted by Crippen LogP contribution is -2.06. The van der Waals surface area contributed by atoms with Crippen molar-refractivity contribution in [2.75, 3.05) is 12.9 Å². The molecule has 0 aliphatic carbocycles. The second-order valence-corrected chi connectivity index (χ2v) is 4.46. The van der Waals surface area contributed by atoms with Crippen molar-refractivity contribution >= 4 is 22.7 Å². The molecule has 0 fully saturated rings. The van der Waals surface area contributed by atoms with Crippen LogP contribution in [-0.4, -0.2) is 12.9 Å². The molecule has 0 atom stereocenters. The summed E-state index contributed by atoms with van der Waals surface area (Å²) in [6.07, 6.45) is 0.